The maximum atomic E-state index is 3.92. The molecule has 0 unspecified atom stereocenters. The van der Waals surface area contributed by atoms with Gasteiger partial charge in [-0.05, 0) is 44.6 Å². The van der Waals surface area contributed by atoms with Crippen LogP contribution in [0.25, 0.3) is 0 Å². The lowest BCUT2D eigenvalue weighted by atomic mass is 9.83. The van der Waals surface area contributed by atoms with Crippen molar-refractivity contribution in [3.8, 4) is 0 Å². The Balaban J connectivity index is 2.18. The van der Waals surface area contributed by atoms with E-state index in [0.29, 0.717) is 5.41 Å². The van der Waals surface area contributed by atoms with Gasteiger partial charge in [0.15, 0.2) is 0 Å². The minimum absolute atomic E-state index is 0.634. The summed E-state index contributed by atoms with van der Waals surface area (Å²) < 4.78 is 0. The normalized spacial score (nSPS) is 19.9. The molecular weight excluding hydrogens is 170 g/mol. The van der Waals surface area contributed by atoms with E-state index in [2.05, 4.69) is 25.7 Å². The Morgan fingerprint density at radius 2 is 2.00 bits per heavy atom. The van der Waals surface area contributed by atoms with Crippen LogP contribution in [0.1, 0.15) is 52.4 Å². The highest BCUT2D eigenvalue weighted by molar-refractivity contribution is 4.90. The molecule has 0 amide bonds. The van der Waals surface area contributed by atoms with Crippen LogP contribution in [-0.4, -0.2) is 13.1 Å². The van der Waals surface area contributed by atoms with Crippen LogP contribution < -0.4 is 5.32 Å². The highest BCUT2D eigenvalue weighted by atomic mass is 14.9. The SMILES string of the molecule is C=C(C)CCNCC1(CC)CCCC1. The van der Waals surface area contributed by atoms with Crippen LogP contribution in [0.4, 0.5) is 0 Å². The summed E-state index contributed by atoms with van der Waals surface area (Å²) in [6, 6.07) is 0. The fourth-order valence-corrected chi connectivity index (χ4v) is 2.44. The zero-order valence-corrected chi connectivity index (χ0v) is 9.86. The summed E-state index contributed by atoms with van der Waals surface area (Å²) in [5, 5.41) is 3.59. The van der Waals surface area contributed by atoms with Crippen LogP contribution in [0, 0.1) is 5.41 Å². The number of rotatable bonds is 6. The molecule has 0 radical (unpaired) electrons. The molecule has 1 aliphatic carbocycles. The van der Waals surface area contributed by atoms with Gasteiger partial charge in [-0.3, -0.25) is 0 Å². The standard InChI is InChI=1S/C13H25N/c1-4-13(8-5-6-9-13)11-14-10-7-12(2)3/h14H,2,4-11H2,1,3H3. The van der Waals surface area contributed by atoms with Crippen LogP contribution in [-0.2, 0) is 0 Å². The topological polar surface area (TPSA) is 12.0 Å². The first-order valence-electron chi connectivity index (χ1n) is 6.04. The van der Waals surface area contributed by atoms with Crippen molar-refractivity contribution in [3.63, 3.8) is 0 Å². The van der Waals surface area contributed by atoms with Crippen molar-refractivity contribution < 1.29 is 0 Å². The molecule has 0 aromatic heterocycles. The molecule has 82 valence electrons. The quantitative estimate of drug-likeness (QED) is 0.505. The Labute approximate surface area is 89.0 Å². The maximum absolute atomic E-state index is 3.92. The van der Waals surface area contributed by atoms with E-state index in [0.717, 1.165) is 13.0 Å². The summed E-state index contributed by atoms with van der Waals surface area (Å²) in [5.41, 5.74) is 1.92. The Morgan fingerprint density at radius 3 is 2.50 bits per heavy atom. The van der Waals surface area contributed by atoms with E-state index in [1.165, 1.54) is 44.2 Å². The lowest BCUT2D eigenvalue weighted by molar-refractivity contribution is 0.270. The maximum Gasteiger partial charge on any atom is 0.000783 e. The highest BCUT2D eigenvalue weighted by Gasteiger charge is 2.31. The Bertz CT molecular complexity index is 178. The minimum atomic E-state index is 0.634. The number of hydrogen-bond acceptors (Lipinski definition) is 1. The summed E-state index contributed by atoms with van der Waals surface area (Å²) in [6.45, 7) is 10.7. The van der Waals surface area contributed by atoms with Gasteiger partial charge in [-0.2, -0.15) is 0 Å². The summed E-state index contributed by atoms with van der Waals surface area (Å²) >= 11 is 0. The van der Waals surface area contributed by atoms with Crippen LogP contribution in [0.3, 0.4) is 0 Å². The molecular formula is C13H25N. The molecule has 0 saturated heterocycles. The minimum Gasteiger partial charge on any atom is -0.316 e. The lowest BCUT2D eigenvalue weighted by Gasteiger charge is -2.27. The van der Waals surface area contributed by atoms with Gasteiger partial charge < -0.3 is 5.32 Å². The average Bonchev–Trinajstić information content (AvgIpc) is 2.62. The van der Waals surface area contributed by atoms with E-state index in [-0.39, 0.29) is 0 Å². The van der Waals surface area contributed by atoms with Crippen molar-refractivity contribution in [1.82, 2.24) is 5.32 Å². The van der Waals surface area contributed by atoms with E-state index in [1.54, 1.807) is 0 Å². The Hall–Kier alpha value is -0.300. The smallest absolute Gasteiger partial charge is 0.000783 e. The van der Waals surface area contributed by atoms with Gasteiger partial charge in [0.05, 0.1) is 0 Å². The first-order chi connectivity index (χ1) is 6.68. The Kier molecular flexibility index (Phi) is 4.67. The average molecular weight is 195 g/mol. The van der Waals surface area contributed by atoms with Crippen molar-refractivity contribution in [2.45, 2.75) is 52.4 Å². The number of hydrogen-bond donors (Lipinski definition) is 1. The van der Waals surface area contributed by atoms with Gasteiger partial charge in [0, 0.05) is 6.54 Å². The van der Waals surface area contributed by atoms with Gasteiger partial charge >= 0.3 is 0 Å². The zero-order chi connectivity index (χ0) is 10.4. The molecule has 1 rings (SSSR count). The van der Waals surface area contributed by atoms with E-state index in [4.69, 9.17) is 0 Å². The van der Waals surface area contributed by atoms with Crippen molar-refractivity contribution in [2.75, 3.05) is 13.1 Å². The van der Waals surface area contributed by atoms with Gasteiger partial charge in [-0.25, -0.2) is 0 Å². The second kappa shape index (κ2) is 5.55. The molecule has 1 fully saturated rings. The number of nitrogens with one attached hydrogen (secondary N) is 1. The summed E-state index contributed by atoms with van der Waals surface area (Å²) in [7, 11) is 0. The fraction of sp³-hybridized carbons (Fsp3) is 0.846. The molecule has 0 aromatic rings. The second-order valence-corrected chi connectivity index (χ2v) is 4.94. The summed E-state index contributed by atoms with van der Waals surface area (Å²) in [6.07, 6.45) is 8.21. The van der Waals surface area contributed by atoms with Crippen LogP contribution in [0.2, 0.25) is 0 Å². The van der Waals surface area contributed by atoms with Crippen molar-refractivity contribution in [2.24, 2.45) is 5.41 Å². The lowest BCUT2D eigenvalue weighted by Crippen LogP contribution is -2.32. The largest absolute Gasteiger partial charge is 0.316 e. The molecule has 1 aliphatic rings. The van der Waals surface area contributed by atoms with Crippen LogP contribution in [0.5, 0.6) is 0 Å². The third-order valence-corrected chi connectivity index (χ3v) is 3.64. The molecule has 0 atom stereocenters. The molecule has 1 saturated carbocycles. The third kappa shape index (κ3) is 3.45. The van der Waals surface area contributed by atoms with E-state index in [9.17, 15) is 0 Å². The monoisotopic (exact) mass is 195 g/mol. The van der Waals surface area contributed by atoms with Crippen molar-refractivity contribution in [3.05, 3.63) is 12.2 Å². The molecule has 0 heterocycles. The van der Waals surface area contributed by atoms with E-state index in [1.807, 2.05) is 0 Å². The van der Waals surface area contributed by atoms with Crippen molar-refractivity contribution in [1.29, 1.82) is 0 Å². The van der Waals surface area contributed by atoms with Gasteiger partial charge in [-0.15, -0.1) is 6.58 Å². The molecule has 0 spiro atoms. The molecule has 1 nitrogen and oxygen atoms in total. The molecule has 14 heavy (non-hydrogen) atoms. The van der Waals surface area contributed by atoms with Crippen molar-refractivity contribution >= 4 is 0 Å². The second-order valence-electron chi connectivity index (χ2n) is 4.94. The highest BCUT2D eigenvalue weighted by Crippen LogP contribution is 2.40. The summed E-state index contributed by atoms with van der Waals surface area (Å²) in [4.78, 5) is 0. The molecule has 0 aliphatic heterocycles. The third-order valence-electron chi connectivity index (χ3n) is 3.64. The van der Waals surface area contributed by atoms with Gasteiger partial charge in [0.2, 0.25) is 0 Å². The molecule has 1 heteroatoms. The van der Waals surface area contributed by atoms with Crippen LogP contribution >= 0.6 is 0 Å². The predicted octanol–water partition coefficient (Wildman–Crippen LogP) is 3.51. The van der Waals surface area contributed by atoms with Gasteiger partial charge in [0.1, 0.15) is 0 Å². The van der Waals surface area contributed by atoms with Gasteiger partial charge in [-0.1, -0.05) is 25.3 Å². The summed E-state index contributed by atoms with van der Waals surface area (Å²) in [5.74, 6) is 0. The predicted molar refractivity (Wildman–Crippen MR) is 63.5 cm³/mol. The van der Waals surface area contributed by atoms with E-state index >= 15 is 0 Å². The van der Waals surface area contributed by atoms with E-state index < -0.39 is 0 Å². The molecule has 0 aromatic carbocycles. The van der Waals surface area contributed by atoms with Crippen LogP contribution in [0.15, 0.2) is 12.2 Å². The zero-order valence-electron chi connectivity index (χ0n) is 9.86. The first-order valence-corrected chi connectivity index (χ1v) is 6.04. The first kappa shape index (κ1) is 11.8. The molecule has 1 N–H and O–H groups in total. The molecule has 0 bridgehead atoms. The fourth-order valence-electron chi connectivity index (χ4n) is 2.44. The van der Waals surface area contributed by atoms with Gasteiger partial charge in [0.25, 0.3) is 0 Å². The Morgan fingerprint density at radius 1 is 1.36 bits per heavy atom.